The molecule has 40 heavy (non-hydrogen) atoms. The molecule has 2 aliphatic carbocycles. The molecule has 4 aromatic rings. The van der Waals surface area contributed by atoms with Gasteiger partial charge in [0.25, 0.3) is 5.56 Å². The summed E-state index contributed by atoms with van der Waals surface area (Å²) in [5.41, 5.74) is 5.69. The maximum absolute atomic E-state index is 12.2. The van der Waals surface area contributed by atoms with Crippen molar-refractivity contribution in [3.8, 4) is 34.3 Å². The van der Waals surface area contributed by atoms with Crippen LogP contribution in [0.5, 0.6) is 11.5 Å². The first-order chi connectivity index (χ1) is 19.4. The van der Waals surface area contributed by atoms with Crippen molar-refractivity contribution in [3.63, 3.8) is 0 Å². The monoisotopic (exact) mass is 558 g/mol. The molecule has 0 radical (unpaired) electrons. The van der Waals surface area contributed by atoms with Gasteiger partial charge < -0.3 is 14.5 Å². The van der Waals surface area contributed by atoms with E-state index in [2.05, 4.69) is 28.8 Å². The third kappa shape index (κ3) is 5.89. The Hall–Kier alpha value is -3.71. The largest absolute Gasteiger partial charge is 0.496 e. The highest BCUT2D eigenvalue weighted by Crippen LogP contribution is 2.33. The second-order valence-electron chi connectivity index (χ2n) is 10.7. The smallest absolute Gasteiger partial charge is 0.254 e. The van der Waals surface area contributed by atoms with Crippen LogP contribution < -0.4 is 15.0 Å². The number of aromatic nitrogens is 4. The van der Waals surface area contributed by atoms with Crippen molar-refractivity contribution in [2.45, 2.75) is 52.4 Å². The topological polar surface area (TPSA) is 90.0 Å². The van der Waals surface area contributed by atoms with E-state index in [1.54, 1.807) is 14.2 Å². The Morgan fingerprint density at radius 1 is 0.775 bits per heavy atom. The normalized spacial score (nSPS) is 17.6. The van der Waals surface area contributed by atoms with E-state index in [9.17, 15) is 4.79 Å². The van der Waals surface area contributed by atoms with Crippen molar-refractivity contribution in [2.75, 3.05) is 14.2 Å². The third-order valence-electron chi connectivity index (χ3n) is 7.71. The van der Waals surface area contributed by atoms with Crippen LogP contribution in [0.25, 0.3) is 22.8 Å². The van der Waals surface area contributed by atoms with Gasteiger partial charge in [-0.3, -0.25) is 4.79 Å². The Morgan fingerprint density at radius 3 is 1.98 bits per heavy atom. The van der Waals surface area contributed by atoms with Crippen molar-refractivity contribution in [2.24, 2.45) is 11.8 Å². The molecule has 6 rings (SSSR count). The van der Waals surface area contributed by atoms with Gasteiger partial charge in [-0.2, -0.15) is 0 Å². The minimum Gasteiger partial charge on any atom is -0.496 e. The second-order valence-corrected chi connectivity index (χ2v) is 11.1. The van der Waals surface area contributed by atoms with E-state index >= 15 is 0 Å². The molecule has 2 aromatic heterocycles. The molecular formula is C32H35ClN4O3. The Bertz CT molecular complexity index is 1570. The average Bonchev–Trinajstić information content (AvgIpc) is 2.96. The summed E-state index contributed by atoms with van der Waals surface area (Å²) in [7, 11) is 3.28. The predicted molar refractivity (Wildman–Crippen MR) is 158 cm³/mol. The number of nitrogens with one attached hydrogen (secondary N) is 1. The molecule has 2 aliphatic rings. The lowest BCUT2D eigenvalue weighted by Gasteiger charge is -2.21. The maximum atomic E-state index is 12.2. The summed E-state index contributed by atoms with van der Waals surface area (Å²) in [6, 6.07) is 15.4. The molecule has 208 valence electrons. The predicted octanol–water partition coefficient (Wildman–Crippen LogP) is 6.50. The van der Waals surface area contributed by atoms with Crippen LogP contribution in [0.2, 0.25) is 5.15 Å². The number of methoxy groups -OCH3 is 2. The van der Waals surface area contributed by atoms with E-state index in [4.69, 9.17) is 26.1 Å². The Morgan fingerprint density at radius 2 is 1.32 bits per heavy atom. The highest BCUT2D eigenvalue weighted by Gasteiger charge is 2.23. The molecule has 2 aromatic carbocycles. The molecule has 0 fully saturated rings. The van der Waals surface area contributed by atoms with Crippen molar-refractivity contribution in [1.29, 1.82) is 0 Å². The van der Waals surface area contributed by atoms with Gasteiger partial charge >= 0.3 is 0 Å². The highest BCUT2D eigenvalue weighted by molar-refractivity contribution is 6.30. The SMILES string of the molecule is COc1ccccc1-c1nc(Cl)c2c(n1)CC(C)CC2.COc1ccccc1-c1nc2c(c(=O)[nH]1)CCC(C)C2. The van der Waals surface area contributed by atoms with E-state index in [0.717, 1.165) is 83.7 Å². The average molecular weight is 559 g/mol. The first kappa shape index (κ1) is 27.8. The summed E-state index contributed by atoms with van der Waals surface area (Å²) >= 11 is 6.35. The minimum absolute atomic E-state index is 0.0113. The molecule has 2 unspecified atom stereocenters. The van der Waals surface area contributed by atoms with Gasteiger partial charge in [0.1, 0.15) is 22.5 Å². The molecule has 8 heteroatoms. The van der Waals surface area contributed by atoms with Gasteiger partial charge in [0, 0.05) is 16.8 Å². The molecule has 2 atom stereocenters. The molecule has 0 spiro atoms. The number of hydrogen-bond donors (Lipinski definition) is 1. The second kappa shape index (κ2) is 12.2. The van der Waals surface area contributed by atoms with Gasteiger partial charge in [-0.15, -0.1) is 0 Å². The van der Waals surface area contributed by atoms with Crippen LogP contribution in [0.4, 0.5) is 0 Å². The zero-order valence-corrected chi connectivity index (χ0v) is 24.2. The van der Waals surface area contributed by atoms with Gasteiger partial charge in [0.2, 0.25) is 0 Å². The summed E-state index contributed by atoms with van der Waals surface area (Å²) in [4.78, 5) is 29.0. The van der Waals surface area contributed by atoms with E-state index in [1.165, 1.54) is 0 Å². The van der Waals surface area contributed by atoms with Crippen molar-refractivity contribution >= 4 is 11.6 Å². The fourth-order valence-electron chi connectivity index (χ4n) is 5.45. The van der Waals surface area contributed by atoms with Crippen LogP contribution >= 0.6 is 11.6 Å². The van der Waals surface area contributed by atoms with Crippen LogP contribution in [-0.4, -0.2) is 34.2 Å². The Balaban J connectivity index is 0.000000161. The lowest BCUT2D eigenvalue weighted by Crippen LogP contribution is -2.24. The lowest BCUT2D eigenvalue weighted by atomic mass is 9.89. The fraction of sp³-hybridized carbons (Fsp3) is 0.375. The first-order valence-electron chi connectivity index (χ1n) is 13.8. The molecular weight excluding hydrogens is 524 g/mol. The quantitative estimate of drug-likeness (QED) is 0.287. The number of ether oxygens (including phenoxy) is 2. The van der Waals surface area contributed by atoms with E-state index < -0.39 is 0 Å². The van der Waals surface area contributed by atoms with Crippen molar-refractivity contribution < 1.29 is 9.47 Å². The first-order valence-corrected chi connectivity index (χ1v) is 14.2. The van der Waals surface area contributed by atoms with Crippen LogP contribution in [0.3, 0.4) is 0 Å². The zero-order valence-electron chi connectivity index (χ0n) is 23.5. The van der Waals surface area contributed by atoms with Crippen LogP contribution in [0.15, 0.2) is 53.3 Å². The standard InChI is InChI=1S/C16H17ClN2O.C16H18N2O2/c1-10-7-8-11-13(9-10)18-16(19-15(11)17)12-5-3-4-6-14(12)20-2;1-10-7-8-11-13(9-10)17-15(18-16(11)19)12-5-3-4-6-14(12)20-2/h3-6,10H,7-9H2,1-2H3;3-6,10H,7-9H2,1-2H3,(H,17,18,19). The number of fused-ring (bicyclic) bond motifs is 2. The zero-order chi connectivity index (χ0) is 28.2. The number of para-hydroxylation sites is 2. The summed E-state index contributed by atoms with van der Waals surface area (Å²) in [6.45, 7) is 4.45. The van der Waals surface area contributed by atoms with Gasteiger partial charge in [-0.1, -0.05) is 49.7 Å². The summed E-state index contributed by atoms with van der Waals surface area (Å²) in [5.74, 6) is 3.98. The fourth-order valence-corrected chi connectivity index (χ4v) is 5.73. The molecule has 7 nitrogen and oxygen atoms in total. The van der Waals surface area contributed by atoms with Gasteiger partial charge in [-0.25, -0.2) is 15.0 Å². The van der Waals surface area contributed by atoms with E-state index in [-0.39, 0.29) is 5.56 Å². The van der Waals surface area contributed by atoms with Crippen molar-refractivity contribution in [1.82, 2.24) is 19.9 Å². The molecule has 0 bridgehead atoms. The highest BCUT2D eigenvalue weighted by atomic mass is 35.5. The number of nitrogens with zero attached hydrogens (tertiary/aromatic N) is 3. The number of halogens is 1. The van der Waals surface area contributed by atoms with E-state index in [0.29, 0.717) is 28.6 Å². The maximum Gasteiger partial charge on any atom is 0.254 e. The molecule has 0 aliphatic heterocycles. The summed E-state index contributed by atoms with van der Waals surface area (Å²) < 4.78 is 10.7. The molecule has 2 heterocycles. The number of hydrogen-bond acceptors (Lipinski definition) is 6. The number of H-pyrrole nitrogens is 1. The number of rotatable bonds is 4. The molecule has 0 saturated heterocycles. The van der Waals surface area contributed by atoms with Gasteiger partial charge in [-0.05, 0) is 74.6 Å². The summed E-state index contributed by atoms with van der Waals surface area (Å²) in [5, 5.41) is 0.586. The Labute approximate surface area is 240 Å². The number of aromatic amines is 1. The lowest BCUT2D eigenvalue weighted by molar-refractivity contribution is 0.416. The summed E-state index contributed by atoms with van der Waals surface area (Å²) in [6.07, 6.45) is 5.86. The van der Waals surface area contributed by atoms with Crippen LogP contribution in [-0.2, 0) is 25.7 Å². The molecule has 0 saturated carbocycles. The minimum atomic E-state index is -0.0113. The van der Waals surface area contributed by atoms with Crippen LogP contribution in [0, 0.1) is 11.8 Å². The van der Waals surface area contributed by atoms with Gasteiger partial charge in [0.15, 0.2) is 5.82 Å². The third-order valence-corrected chi connectivity index (χ3v) is 8.02. The van der Waals surface area contributed by atoms with E-state index in [1.807, 2.05) is 48.5 Å². The molecule has 0 amide bonds. The Kier molecular flexibility index (Phi) is 8.50. The number of benzene rings is 2. The molecule has 1 N–H and O–H groups in total. The van der Waals surface area contributed by atoms with Crippen molar-refractivity contribution in [3.05, 3.63) is 86.6 Å². The van der Waals surface area contributed by atoms with Gasteiger partial charge in [0.05, 0.1) is 31.0 Å². The van der Waals surface area contributed by atoms with Crippen LogP contribution in [0.1, 0.15) is 49.2 Å².